The van der Waals surface area contributed by atoms with Crippen LogP contribution in [0, 0.1) is 0 Å². The molecule has 0 aromatic heterocycles. The van der Waals surface area contributed by atoms with Crippen LogP contribution in [-0.2, 0) is 19.6 Å². The third-order valence-electron chi connectivity index (χ3n) is 7.49. The van der Waals surface area contributed by atoms with Crippen LogP contribution in [0.25, 0.3) is 0 Å². The van der Waals surface area contributed by atoms with E-state index in [9.17, 15) is 18.0 Å². The Morgan fingerprint density at radius 2 is 1.35 bits per heavy atom. The van der Waals surface area contributed by atoms with Gasteiger partial charge in [-0.2, -0.15) is 0 Å². The molecule has 0 atom stereocenters. The first-order valence-corrected chi connectivity index (χ1v) is 16.6. The minimum atomic E-state index is -3.96. The Bertz CT molecular complexity index is 1440. The molecule has 0 spiro atoms. The highest BCUT2D eigenvalue weighted by Crippen LogP contribution is 2.34. The van der Waals surface area contributed by atoms with Crippen molar-refractivity contribution in [1.82, 2.24) is 20.0 Å². The maximum absolute atomic E-state index is 13.7. The van der Waals surface area contributed by atoms with E-state index >= 15 is 0 Å². The van der Waals surface area contributed by atoms with E-state index in [-0.39, 0.29) is 22.9 Å². The summed E-state index contributed by atoms with van der Waals surface area (Å²) < 4.78 is 34.1. The number of para-hydroxylation sites is 1. The summed E-state index contributed by atoms with van der Waals surface area (Å²) in [6.07, 6.45) is 0. The largest absolute Gasteiger partial charge is 0.379 e. The molecule has 0 bridgehead atoms. The summed E-state index contributed by atoms with van der Waals surface area (Å²) in [7, 11) is -3.96. The van der Waals surface area contributed by atoms with Crippen LogP contribution in [0.4, 0.5) is 5.69 Å². The molecule has 2 aliphatic rings. The van der Waals surface area contributed by atoms with Gasteiger partial charge in [0.25, 0.3) is 15.9 Å². The van der Waals surface area contributed by atoms with E-state index < -0.39 is 15.9 Å². The third kappa shape index (κ3) is 8.36. The van der Waals surface area contributed by atoms with Crippen LogP contribution in [0.3, 0.4) is 0 Å². The molecule has 1 N–H and O–H groups in total. The Balaban J connectivity index is 1.13. The number of sulfonamides is 1. The van der Waals surface area contributed by atoms with Gasteiger partial charge in [0, 0.05) is 74.8 Å². The standard InChI is InChI=1S/C31H37N5O5S2/c37-30(35-19-17-33(18-20-35)15-16-34-21-23-41-24-22-34)25-32-31(38)26-11-13-29(14-12-26)43(39,40)36(27-7-3-1-4-8-27)42-28-9-5-2-6-10-28/h1-14H,15-25H2,(H,32,38). The van der Waals surface area contributed by atoms with Gasteiger partial charge < -0.3 is 15.0 Å². The number of ether oxygens (including phenoxy) is 1. The number of carbonyl (C=O) groups is 2. The molecule has 3 aromatic carbocycles. The number of rotatable bonds is 11. The Labute approximate surface area is 257 Å². The molecule has 2 saturated heterocycles. The SMILES string of the molecule is O=C(NCC(=O)N1CCN(CCN2CCOCC2)CC1)c1ccc(S(=O)(=O)N(Sc2ccccc2)c2ccccc2)cc1. The van der Waals surface area contributed by atoms with E-state index in [4.69, 9.17) is 4.74 Å². The van der Waals surface area contributed by atoms with Crippen LogP contribution in [0.2, 0.25) is 0 Å². The number of hydrogen-bond acceptors (Lipinski definition) is 8. The second-order valence-electron chi connectivity index (χ2n) is 10.4. The number of carbonyl (C=O) groups excluding carboxylic acids is 2. The van der Waals surface area contributed by atoms with Gasteiger partial charge in [0.15, 0.2) is 0 Å². The molecule has 0 unspecified atom stereocenters. The van der Waals surface area contributed by atoms with Gasteiger partial charge in [-0.05, 0) is 48.5 Å². The first-order chi connectivity index (χ1) is 20.9. The van der Waals surface area contributed by atoms with Crippen molar-refractivity contribution >= 4 is 39.5 Å². The zero-order valence-electron chi connectivity index (χ0n) is 24.0. The van der Waals surface area contributed by atoms with Gasteiger partial charge in [0.1, 0.15) is 0 Å². The van der Waals surface area contributed by atoms with Gasteiger partial charge in [-0.3, -0.25) is 19.4 Å². The molecule has 2 amide bonds. The number of anilines is 1. The zero-order valence-corrected chi connectivity index (χ0v) is 25.6. The third-order valence-corrected chi connectivity index (χ3v) is 10.7. The highest BCUT2D eigenvalue weighted by atomic mass is 32.3. The van der Waals surface area contributed by atoms with Crippen LogP contribution in [0.1, 0.15) is 10.4 Å². The molecule has 2 aliphatic heterocycles. The van der Waals surface area contributed by atoms with Gasteiger partial charge in [-0.25, -0.2) is 12.1 Å². The molecule has 10 nitrogen and oxygen atoms in total. The van der Waals surface area contributed by atoms with E-state index in [2.05, 4.69) is 15.1 Å². The lowest BCUT2D eigenvalue weighted by molar-refractivity contribution is -0.131. The van der Waals surface area contributed by atoms with E-state index in [1.54, 1.807) is 29.2 Å². The Morgan fingerprint density at radius 3 is 1.98 bits per heavy atom. The fourth-order valence-electron chi connectivity index (χ4n) is 4.94. The topological polar surface area (TPSA) is 102 Å². The number of nitrogens with zero attached hydrogens (tertiary/aromatic N) is 4. The van der Waals surface area contributed by atoms with E-state index in [0.29, 0.717) is 18.8 Å². The molecule has 3 aromatic rings. The van der Waals surface area contributed by atoms with Crippen molar-refractivity contribution in [2.75, 3.05) is 75.8 Å². The minimum Gasteiger partial charge on any atom is -0.379 e. The lowest BCUT2D eigenvalue weighted by Crippen LogP contribution is -2.52. The predicted molar refractivity (Wildman–Crippen MR) is 167 cm³/mol. The Morgan fingerprint density at radius 1 is 0.767 bits per heavy atom. The summed E-state index contributed by atoms with van der Waals surface area (Å²) in [5.74, 6) is -0.558. The van der Waals surface area contributed by atoms with Crippen molar-refractivity contribution in [3.05, 3.63) is 90.5 Å². The number of amides is 2. The highest BCUT2D eigenvalue weighted by Gasteiger charge is 2.27. The normalized spacial score (nSPS) is 16.5. The monoisotopic (exact) mass is 623 g/mol. The van der Waals surface area contributed by atoms with Gasteiger partial charge >= 0.3 is 0 Å². The second kappa shape index (κ2) is 14.8. The molecule has 43 heavy (non-hydrogen) atoms. The summed E-state index contributed by atoms with van der Waals surface area (Å²) in [5.41, 5.74) is 0.788. The van der Waals surface area contributed by atoms with Crippen LogP contribution in [0.15, 0.2) is 94.7 Å². The van der Waals surface area contributed by atoms with E-state index in [1.807, 2.05) is 36.4 Å². The molecule has 2 heterocycles. The summed E-state index contributed by atoms with van der Waals surface area (Å²) in [6, 6.07) is 23.9. The van der Waals surface area contributed by atoms with Crippen molar-refractivity contribution in [2.45, 2.75) is 9.79 Å². The lowest BCUT2D eigenvalue weighted by Gasteiger charge is -2.36. The van der Waals surface area contributed by atoms with Gasteiger partial charge in [0.2, 0.25) is 5.91 Å². The minimum absolute atomic E-state index is 0.0545. The summed E-state index contributed by atoms with van der Waals surface area (Å²) in [4.78, 5) is 33.0. The zero-order chi connectivity index (χ0) is 30.1. The first kappa shape index (κ1) is 31.0. The van der Waals surface area contributed by atoms with Gasteiger partial charge in [-0.15, -0.1) is 0 Å². The number of hydrogen-bond donors (Lipinski definition) is 1. The summed E-state index contributed by atoms with van der Waals surface area (Å²) >= 11 is 1.10. The maximum atomic E-state index is 13.7. The van der Waals surface area contributed by atoms with Crippen LogP contribution < -0.4 is 9.03 Å². The smallest absolute Gasteiger partial charge is 0.274 e. The number of benzene rings is 3. The summed E-state index contributed by atoms with van der Waals surface area (Å²) in [6.45, 7) is 8.25. The van der Waals surface area contributed by atoms with Crippen molar-refractivity contribution in [3.63, 3.8) is 0 Å². The van der Waals surface area contributed by atoms with Crippen molar-refractivity contribution in [1.29, 1.82) is 0 Å². The molecule has 5 rings (SSSR count). The molecule has 0 saturated carbocycles. The van der Waals surface area contributed by atoms with E-state index in [1.165, 1.54) is 28.0 Å². The fraction of sp³-hybridized carbons (Fsp3) is 0.355. The average Bonchev–Trinajstić information content (AvgIpc) is 3.06. The van der Waals surface area contributed by atoms with Crippen molar-refractivity contribution in [3.8, 4) is 0 Å². The van der Waals surface area contributed by atoms with Crippen molar-refractivity contribution < 1.29 is 22.7 Å². The fourth-order valence-corrected chi connectivity index (χ4v) is 7.62. The molecule has 12 heteroatoms. The second-order valence-corrected chi connectivity index (χ2v) is 13.4. The molecule has 0 radical (unpaired) electrons. The van der Waals surface area contributed by atoms with Gasteiger partial charge in [0.05, 0.1) is 30.3 Å². The molecular weight excluding hydrogens is 587 g/mol. The molecule has 228 valence electrons. The quantitative estimate of drug-likeness (QED) is 0.326. The van der Waals surface area contributed by atoms with E-state index in [0.717, 1.165) is 69.3 Å². The molecule has 2 fully saturated rings. The number of morpholine rings is 1. The first-order valence-electron chi connectivity index (χ1n) is 14.4. The van der Waals surface area contributed by atoms with Crippen LogP contribution in [0.5, 0.6) is 0 Å². The molecular formula is C31H37N5O5S2. The average molecular weight is 624 g/mol. The molecule has 0 aliphatic carbocycles. The Hall–Kier alpha value is -3.42. The Kier molecular flexibility index (Phi) is 10.7. The van der Waals surface area contributed by atoms with Crippen molar-refractivity contribution in [2.24, 2.45) is 0 Å². The lowest BCUT2D eigenvalue weighted by atomic mass is 10.2. The van der Waals surface area contributed by atoms with Gasteiger partial charge in [-0.1, -0.05) is 36.4 Å². The maximum Gasteiger partial charge on any atom is 0.274 e. The van der Waals surface area contributed by atoms with Crippen LogP contribution in [-0.4, -0.2) is 107 Å². The van der Waals surface area contributed by atoms with Crippen LogP contribution >= 0.6 is 11.9 Å². The highest BCUT2D eigenvalue weighted by molar-refractivity contribution is 8.14. The predicted octanol–water partition coefficient (Wildman–Crippen LogP) is 2.80. The summed E-state index contributed by atoms with van der Waals surface area (Å²) in [5, 5.41) is 2.69. The number of nitrogens with one attached hydrogen (secondary N) is 1. The number of piperazine rings is 1.